The van der Waals surface area contributed by atoms with Crippen molar-refractivity contribution in [3.8, 4) is 0 Å². The topological polar surface area (TPSA) is 54.4 Å². The predicted molar refractivity (Wildman–Crippen MR) is 184 cm³/mol. The SMILES string of the molecule is CCCCCCCCCCCCCCCCCCCCCCCCCC(CCCCCCCCCCC)S(=O)(=O)O. The van der Waals surface area contributed by atoms with Crippen LogP contribution in [0.3, 0.4) is 0 Å². The van der Waals surface area contributed by atoms with Gasteiger partial charge >= 0.3 is 0 Å². The van der Waals surface area contributed by atoms with Crippen LogP contribution in [0.2, 0.25) is 0 Å². The molecule has 0 aromatic carbocycles. The maximum atomic E-state index is 11.8. The summed E-state index contributed by atoms with van der Waals surface area (Å²) in [6.07, 6.45) is 43.9. The van der Waals surface area contributed by atoms with E-state index in [1.807, 2.05) is 0 Å². The van der Waals surface area contributed by atoms with E-state index in [2.05, 4.69) is 13.8 Å². The molecule has 248 valence electrons. The van der Waals surface area contributed by atoms with Gasteiger partial charge in [-0.2, -0.15) is 8.42 Å². The second-order valence-electron chi connectivity index (χ2n) is 13.3. The van der Waals surface area contributed by atoms with Crippen molar-refractivity contribution in [2.45, 2.75) is 237 Å². The van der Waals surface area contributed by atoms with Crippen molar-refractivity contribution in [3.63, 3.8) is 0 Å². The maximum Gasteiger partial charge on any atom is 0.267 e. The Bertz CT molecular complexity index is 589. The minimum atomic E-state index is -3.90. The van der Waals surface area contributed by atoms with Gasteiger partial charge in [-0.15, -0.1) is 0 Å². The third kappa shape index (κ3) is 32.7. The molecule has 0 spiro atoms. The van der Waals surface area contributed by atoms with E-state index in [0.717, 1.165) is 25.7 Å². The van der Waals surface area contributed by atoms with Crippen molar-refractivity contribution in [1.29, 1.82) is 0 Å². The number of hydrogen-bond acceptors (Lipinski definition) is 2. The molecule has 0 rings (SSSR count). The lowest BCUT2D eigenvalue weighted by molar-refractivity contribution is 0.442. The lowest BCUT2D eigenvalue weighted by Crippen LogP contribution is -2.20. The molecular weight excluding hydrogens is 524 g/mol. The molecule has 0 aromatic rings. The Labute approximate surface area is 260 Å². The van der Waals surface area contributed by atoms with Crippen LogP contribution in [0.15, 0.2) is 0 Å². The number of rotatable bonds is 35. The van der Waals surface area contributed by atoms with Crippen LogP contribution >= 0.6 is 0 Å². The molecule has 4 heteroatoms. The van der Waals surface area contributed by atoms with Gasteiger partial charge in [-0.05, 0) is 12.8 Å². The molecule has 0 aliphatic carbocycles. The molecule has 0 aliphatic heterocycles. The van der Waals surface area contributed by atoms with Gasteiger partial charge in [-0.3, -0.25) is 4.55 Å². The molecule has 1 N–H and O–H groups in total. The second-order valence-corrected chi connectivity index (χ2v) is 15.0. The minimum Gasteiger partial charge on any atom is -0.285 e. The maximum absolute atomic E-state index is 11.8. The van der Waals surface area contributed by atoms with Crippen LogP contribution in [0, 0.1) is 0 Å². The van der Waals surface area contributed by atoms with Crippen LogP contribution in [-0.4, -0.2) is 18.2 Å². The van der Waals surface area contributed by atoms with Crippen LogP contribution < -0.4 is 0 Å². The van der Waals surface area contributed by atoms with Crippen LogP contribution in [-0.2, 0) is 10.1 Å². The minimum absolute atomic E-state index is 0.540. The third-order valence-corrected chi connectivity index (χ3v) is 10.5. The summed E-state index contributed by atoms with van der Waals surface area (Å²) in [7, 11) is -3.90. The van der Waals surface area contributed by atoms with E-state index in [9.17, 15) is 13.0 Å². The summed E-state index contributed by atoms with van der Waals surface area (Å²) < 4.78 is 33.3. The summed E-state index contributed by atoms with van der Waals surface area (Å²) in [5.41, 5.74) is 0. The van der Waals surface area contributed by atoms with Gasteiger partial charge < -0.3 is 0 Å². The van der Waals surface area contributed by atoms with Crippen LogP contribution in [0.4, 0.5) is 0 Å². The average molecular weight is 601 g/mol. The average Bonchev–Trinajstić information content (AvgIpc) is 2.95. The van der Waals surface area contributed by atoms with Gasteiger partial charge in [-0.25, -0.2) is 0 Å². The highest BCUT2D eigenvalue weighted by Crippen LogP contribution is 2.20. The van der Waals surface area contributed by atoms with Crippen LogP contribution in [0.1, 0.15) is 232 Å². The molecule has 0 saturated heterocycles. The summed E-state index contributed by atoms with van der Waals surface area (Å²) in [5, 5.41) is -0.540. The Kier molecular flexibility index (Phi) is 32.7. The lowest BCUT2D eigenvalue weighted by atomic mass is 10.0. The first-order chi connectivity index (χ1) is 20.0. The van der Waals surface area contributed by atoms with Gasteiger partial charge in [0.25, 0.3) is 10.1 Å². The largest absolute Gasteiger partial charge is 0.285 e. The first kappa shape index (κ1) is 40.9. The Morgan fingerprint density at radius 2 is 0.512 bits per heavy atom. The van der Waals surface area contributed by atoms with Gasteiger partial charge in [0.05, 0.1) is 5.25 Å². The van der Waals surface area contributed by atoms with Crippen molar-refractivity contribution in [3.05, 3.63) is 0 Å². The molecule has 0 heterocycles. The van der Waals surface area contributed by atoms with E-state index in [4.69, 9.17) is 0 Å². The van der Waals surface area contributed by atoms with Gasteiger partial charge in [0.2, 0.25) is 0 Å². The smallest absolute Gasteiger partial charge is 0.267 e. The molecule has 0 saturated carbocycles. The van der Waals surface area contributed by atoms with Crippen molar-refractivity contribution < 1.29 is 13.0 Å². The highest BCUT2D eigenvalue weighted by Gasteiger charge is 2.21. The first-order valence-corrected chi connectivity index (χ1v) is 20.5. The standard InChI is InChI=1S/C37H76O3S/c1-3-5-7-9-11-13-14-15-16-17-18-19-20-21-22-23-24-25-26-28-30-32-34-36-37(41(38,39)40)35-33-31-29-27-12-10-8-6-4-2/h37H,3-36H2,1-2H3,(H,38,39,40). The Balaban J connectivity index is 3.40. The molecule has 0 fully saturated rings. The first-order valence-electron chi connectivity index (χ1n) is 19.0. The van der Waals surface area contributed by atoms with E-state index < -0.39 is 15.4 Å². The summed E-state index contributed by atoms with van der Waals surface area (Å²) >= 11 is 0. The molecule has 1 atom stereocenters. The van der Waals surface area contributed by atoms with E-state index >= 15 is 0 Å². The van der Waals surface area contributed by atoms with Crippen LogP contribution in [0.5, 0.6) is 0 Å². The van der Waals surface area contributed by atoms with Crippen molar-refractivity contribution in [1.82, 2.24) is 0 Å². The van der Waals surface area contributed by atoms with Crippen molar-refractivity contribution >= 4 is 10.1 Å². The molecular formula is C37H76O3S. The Morgan fingerprint density at radius 3 is 0.683 bits per heavy atom. The second kappa shape index (κ2) is 32.8. The quantitative estimate of drug-likeness (QED) is 0.0581. The monoisotopic (exact) mass is 601 g/mol. The van der Waals surface area contributed by atoms with E-state index in [1.165, 1.54) is 180 Å². The molecule has 0 aromatic heterocycles. The normalized spacial score (nSPS) is 12.8. The summed E-state index contributed by atoms with van der Waals surface area (Å²) in [6.45, 7) is 4.54. The van der Waals surface area contributed by atoms with E-state index in [-0.39, 0.29) is 0 Å². The zero-order chi connectivity index (χ0) is 30.1. The third-order valence-electron chi connectivity index (χ3n) is 9.18. The lowest BCUT2D eigenvalue weighted by Gasteiger charge is -2.13. The Morgan fingerprint density at radius 1 is 0.341 bits per heavy atom. The highest BCUT2D eigenvalue weighted by molar-refractivity contribution is 7.86. The molecule has 1 unspecified atom stereocenters. The molecule has 3 nitrogen and oxygen atoms in total. The van der Waals surface area contributed by atoms with E-state index in [1.54, 1.807) is 0 Å². The molecule has 41 heavy (non-hydrogen) atoms. The van der Waals surface area contributed by atoms with Gasteiger partial charge in [-0.1, -0.05) is 219 Å². The fraction of sp³-hybridized carbons (Fsp3) is 1.00. The van der Waals surface area contributed by atoms with Crippen LogP contribution in [0.25, 0.3) is 0 Å². The van der Waals surface area contributed by atoms with Gasteiger partial charge in [0.15, 0.2) is 0 Å². The van der Waals surface area contributed by atoms with E-state index in [0.29, 0.717) is 12.8 Å². The fourth-order valence-electron chi connectivity index (χ4n) is 6.28. The zero-order valence-corrected chi connectivity index (χ0v) is 29.1. The Hall–Kier alpha value is -0.0900. The summed E-state index contributed by atoms with van der Waals surface area (Å²) in [6, 6.07) is 0. The molecule has 0 aliphatic rings. The summed E-state index contributed by atoms with van der Waals surface area (Å²) in [5.74, 6) is 0. The van der Waals surface area contributed by atoms with Crippen molar-refractivity contribution in [2.75, 3.05) is 0 Å². The molecule has 0 bridgehead atoms. The fourth-order valence-corrected chi connectivity index (χ4v) is 7.21. The molecule has 0 radical (unpaired) electrons. The van der Waals surface area contributed by atoms with Gasteiger partial charge in [0, 0.05) is 0 Å². The van der Waals surface area contributed by atoms with Crippen molar-refractivity contribution in [2.24, 2.45) is 0 Å². The zero-order valence-electron chi connectivity index (χ0n) is 28.3. The summed E-state index contributed by atoms with van der Waals surface area (Å²) in [4.78, 5) is 0. The number of unbranched alkanes of at least 4 members (excludes halogenated alkanes) is 30. The molecule has 0 amide bonds. The number of hydrogen-bond donors (Lipinski definition) is 1. The predicted octanol–water partition coefficient (Wildman–Crippen LogP) is 13.5. The van der Waals surface area contributed by atoms with Gasteiger partial charge in [0.1, 0.15) is 0 Å². The highest BCUT2D eigenvalue weighted by atomic mass is 32.2.